The van der Waals surface area contributed by atoms with Gasteiger partial charge >= 0.3 is 11.9 Å². The van der Waals surface area contributed by atoms with Gasteiger partial charge in [0.2, 0.25) is 0 Å². The van der Waals surface area contributed by atoms with Crippen LogP contribution in [-0.4, -0.2) is 45.2 Å². The molecule has 0 fully saturated rings. The van der Waals surface area contributed by atoms with Crippen LogP contribution in [-0.2, 0) is 23.9 Å². The molecule has 2 aliphatic rings. The lowest BCUT2D eigenvalue weighted by Gasteiger charge is -2.38. The van der Waals surface area contributed by atoms with E-state index in [4.69, 9.17) is 18.9 Å². The van der Waals surface area contributed by atoms with E-state index in [1.54, 1.807) is 39.0 Å². The zero-order valence-corrected chi connectivity index (χ0v) is 20.1. The lowest BCUT2D eigenvalue weighted by molar-refractivity contribution is -0.151. The summed E-state index contributed by atoms with van der Waals surface area (Å²) >= 11 is 0. The number of allylic oxidation sites excluding steroid dienone is 3. The van der Waals surface area contributed by atoms with E-state index >= 15 is 0 Å². The minimum atomic E-state index is -0.963. The van der Waals surface area contributed by atoms with Gasteiger partial charge in [-0.2, -0.15) is 0 Å². The molecule has 178 valence electrons. The van der Waals surface area contributed by atoms with Crippen LogP contribution in [0, 0.1) is 11.8 Å². The zero-order valence-electron chi connectivity index (χ0n) is 20.1. The number of hydrogen-bond acceptors (Lipinski definition) is 8. The summed E-state index contributed by atoms with van der Waals surface area (Å²) in [5, 5.41) is 3.24. The number of esters is 2. The van der Waals surface area contributed by atoms with Gasteiger partial charge in [0.1, 0.15) is 5.92 Å². The topological polar surface area (TPSA) is 100 Å². The maximum absolute atomic E-state index is 13.8. The fraction of sp³-hybridized carbons (Fsp3) is 0.480. The molecule has 0 aromatic heterocycles. The first-order valence-electron chi connectivity index (χ1n) is 10.9. The summed E-state index contributed by atoms with van der Waals surface area (Å²) < 4.78 is 21.6. The summed E-state index contributed by atoms with van der Waals surface area (Å²) in [7, 11) is 4.29. The second-order valence-corrected chi connectivity index (χ2v) is 8.57. The Labute approximate surface area is 193 Å². The Kier molecular flexibility index (Phi) is 7.15. The summed E-state index contributed by atoms with van der Waals surface area (Å²) in [5.74, 6) is -2.67. The van der Waals surface area contributed by atoms with Crippen LogP contribution in [0.15, 0.2) is 40.7 Å². The van der Waals surface area contributed by atoms with E-state index < -0.39 is 23.8 Å². The first-order valence-corrected chi connectivity index (χ1v) is 10.9. The van der Waals surface area contributed by atoms with E-state index in [1.165, 1.54) is 21.3 Å². The number of para-hydroxylation sites is 1. The predicted molar refractivity (Wildman–Crippen MR) is 121 cm³/mol. The largest absolute Gasteiger partial charge is 0.493 e. The second kappa shape index (κ2) is 9.68. The summed E-state index contributed by atoms with van der Waals surface area (Å²) in [4.78, 5) is 39.5. The van der Waals surface area contributed by atoms with Crippen molar-refractivity contribution in [3.8, 4) is 11.5 Å². The zero-order chi connectivity index (χ0) is 24.4. The number of ether oxygens (including phenoxy) is 4. The lowest BCUT2D eigenvalue weighted by atomic mass is 9.69. The summed E-state index contributed by atoms with van der Waals surface area (Å²) in [5.41, 5.74) is 2.48. The Hall–Kier alpha value is -3.29. The molecule has 3 rings (SSSR count). The normalized spacial score (nSPS) is 22.5. The standard InChI is InChI=1S/C25H31NO7/c1-12(2)33-25(29)19-14(4)26-16-11-13(3)18(24(28)32-7)22(27)21(16)20(19)15-9-8-10-17(30-5)23(15)31-6/h8-10,12-13,18,20,26H,11H2,1-7H3/t13-,18-,20-/m0/s1. The lowest BCUT2D eigenvalue weighted by Crippen LogP contribution is -2.43. The van der Waals surface area contributed by atoms with Crippen molar-refractivity contribution < 1.29 is 33.3 Å². The Morgan fingerprint density at radius 2 is 1.82 bits per heavy atom. The van der Waals surface area contributed by atoms with Crippen LogP contribution in [0.3, 0.4) is 0 Å². The first-order chi connectivity index (χ1) is 15.7. The van der Waals surface area contributed by atoms with Gasteiger partial charge in [-0.05, 0) is 39.2 Å². The third kappa shape index (κ3) is 4.34. The van der Waals surface area contributed by atoms with Crippen molar-refractivity contribution in [2.24, 2.45) is 11.8 Å². The van der Waals surface area contributed by atoms with E-state index in [2.05, 4.69) is 5.32 Å². The minimum Gasteiger partial charge on any atom is -0.493 e. The minimum absolute atomic E-state index is 0.263. The van der Waals surface area contributed by atoms with Crippen LogP contribution in [0.1, 0.15) is 45.6 Å². The molecule has 0 saturated heterocycles. The van der Waals surface area contributed by atoms with Crippen LogP contribution in [0.25, 0.3) is 0 Å². The molecule has 8 heteroatoms. The highest BCUT2D eigenvalue weighted by Crippen LogP contribution is 2.49. The predicted octanol–water partition coefficient (Wildman–Crippen LogP) is 3.27. The van der Waals surface area contributed by atoms with Crippen molar-refractivity contribution in [1.29, 1.82) is 0 Å². The molecule has 0 radical (unpaired) electrons. The van der Waals surface area contributed by atoms with Gasteiger partial charge in [0.15, 0.2) is 17.3 Å². The average Bonchev–Trinajstić information content (AvgIpc) is 2.76. The molecular weight excluding hydrogens is 426 g/mol. The quantitative estimate of drug-likeness (QED) is 0.513. The van der Waals surface area contributed by atoms with Gasteiger partial charge in [0.05, 0.1) is 38.9 Å². The van der Waals surface area contributed by atoms with Crippen molar-refractivity contribution in [1.82, 2.24) is 5.32 Å². The Balaban J connectivity index is 2.28. The van der Waals surface area contributed by atoms with Gasteiger partial charge in [-0.25, -0.2) is 4.79 Å². The average molecular weight is 458 g/mol. The molecule has 1 aliphatic heterocycles. The molecule has 0 amide bonds. The summed E-state index contributed by atoms with van der Waals surface area (Å²) in [6.07, 6.45) is 0.0962. The van der Waals surface area contributed by atoms with Gasteiger partial charge in [-0.1, -0.05) is 19.1 Å². The number of carbonyl (C=O) groups excluding carboxylic acids is 3. The Morgan fingerprint density at radius 1 is 1.12 bits per heavy atom. The van der Waals surface area contributed by atoms with Crippen LogP contribution >= 0.6 is 0 Å². The third-order valence-electron chi connectivity index (χ3n) is 6.05. The molecule has 1 N–H and O–H groups in total. The van der Waals surface area contributed by atoms with Gasteiger partial charge < -0.3 is 24.3 Å². The molecular formula is C25H31NO7. The number of hydrogen-bond donors (Lipinski definition) is 1. The highest BCUT2D eigenvalue weighted by atomic mass is 16.5. The van der Waals surface area contributed by atoms with E-state index in [0.29, 0.717) is 46.0 Å². The number of methoxy groups -OCH3 is 3. The summed E-state index contributed by atoms with van der Waals surface area (Å²) in [6.45, 7) is 7.14. The van der Waals surface area contributed by atoms with Crippen LogP contribution in [0.5, 0.6) is 11.5 Å². The van der Waals surface area contributed by atoms with Gasteiger partial charge in [0, 0.05) is 22.5 Å². The van der Waals surface area contributed by atoms with Gasteiger partial charge in [-0.3, -0.25) is 9.59 Å². The van der Waals surface area contributed by atoms with E-state index in [1.807, 2.05) is 6.92 Å². The van der Waals surface area contributed by atoms with Crippen molar-refractivity contribution >= 4 is 17.7 Å². The summed E-state index contributed by atoms with van der Waals surface area (Å²) in [6, 6.07) is 5.30. The number of dihydropyridines is 1. The number of ketones is 1. The molecule has 1 aromatic rings. The number of benzene rings is 1. The van der Waals surface area contributed by atoms with Crippen molar-refractivity contribution in [2.45, 2.75) is 46.1 Å². The first kappa shape index (κ1) is 24.4. The molecule has 0 bridgehead atoms. The van der Waals surface area contributed by atoms with Crippen LogP contribution < -0.4 is 14.8 Å². The van der Waals surface area contributed by atoms with E-state index in [0.717, 1.165) is 0 Å². The molecule has 8 nitrogen and oxygen atoms in total. The van der Waals surface area contributed by atoms with E-state index in [9.17, 15) is 14.4 Å². The highest BCUT2D eigenvalue weighted by molar-refractivity contribution is 6.12. The Morgan fingerprint density at radius 3 is 2.39 bits per heavy atom. The molecule has 0 unspecified atom stereocenters. The van der Waals surface area contributed by atoms with Crippen LogP contribution in [0.2, 0.25) is 0 Å². The number of carbonyl (C=O) groups is 3. The number of nitrogens with one attached hydrogen (secondary N) is 1. The van der Waals surface area contributed by atoms with Crippen molar-refractivity contribution in [3.05, 3.63) is 46.3 Å². The van der Waals surface area contributed by atoms with Crippen LogP contribution in [0.4, 0.5) is 0 Å². The highest BCUT2D eigenvalue weighted by Gasteiger charge is 2.48. The molecule has 33 heavy (non-hydrogen) atoms. The maximum atomic E-state index is 13.8. The molecule has 1 aromatic carbocycles. The number of Topliss-reactive ketones (excluding diaryl/α,β-unsaturated/α-hetero) is 1. The molecule has 1 aliphatic carbocycles. The SMILES string of the molecule is COC(=O)[C@@H]1C(=O)C2=C(C[C@@H]1C)NC(C)=C(C(=O)OC(C)C)[C@@H]2c1cccc(OC)c1OC. The monoisotopic (exact) mass is 457 g/mol. The Bertz CT molecular complexity index is 1040. The van der Waals surface area contributed by atoms with Gasteiger partial charge in [-0.15, -0.1) is 0 Å². The number of rotatable bonds is 6. The third-order valence-corrected chi connectivity index (χ3v) is 6.05. The molecule has 0 spiro atoms. The van der Waals surface area contributed by atoms with Crippen molar-refractivity contribution in [3.63, 3.8) is 0 Å². The smallest absolute Gasteiger partial charge is 0.337 e. The second-order valence-electron chi connectivity index (χ2n) is 8.57. The van der Waals surface area contributed by atoms with E-state index in [-0.39, 0.29) is 17.8 Å². The fourth-order valence-electron chi connectivity index (χ4n) is 4.68. The molecule has 1 heterocycles. The van der Waals surface area contributed by atoms with Gasteiger partial charge in [0.25, 0.3) is 0 Å². The fourth-order valence-corrected chi connectivity index (χ4v) is 4.68. The van der Waals surface area contributed by atoms with Crippen molar-refractivity contribution in [2.75, 3.05) is 21.3 Å². The molecule has 0 saturated carbocycles. The maximum Gasteiger partial charge on any atom is 0.337 e. The molecule has 3 atom stereocenters.